The first kappa shape index (κ1) is 46.2. The number of unbranched alkanes of at least 4 members (excludes halogenated alkanes) is 12. The second kappa shape index (κ2) is 25.2. The van der Waals surface area contributed by atoms with E-state index in [0.717, 1.165) is 53.2 Å². The van der Waals surface area contributed by atoms with Crippen LogP contribution in [0.1, 0.15) is 131 Å². The predicted octanol–water partition coefficient (Wildman–Crippen LogP) is 6.00. The van der Waals surface area contributed by atoms with Crippen molar-refractivity contribution in [3.63, 3.8) is 0 Å². The number of esters is 5. The maximum Gasteiger partial charge on any atom is 0.335 e. The van der Waals surface area contributed by atoms with Crippen molar-refractivity contribution in [3.05, 3.63) is 23.5 Å². The number of carboxylic acids is 1. The molecule has 2 rings (SSSR count). The standard InChI is InChI=1S/C39H60O15/c1-7-9-10-11-12-13-14-15-16-17-18-19-20-21-47-33(44)22-30-29(8-2)38(49-23-31(30)37(45)46)54-39-36(52-28(6)43)35(51-27(5)42)34(50-26(4)41)32(53-39)24-48-25(3)40/h8,23,30,32,34-36,38-39H,7,9-22,24H2,1-6H3,(H,45,46)/b29-8+/t30-,32+,34+,35-,36+,38-,39-/m0/s1. The van der Waals surface area contributed by atoms with Crippen LogP contribution in [0.15, 0.2) is 23.5 Å². The number of ether oxygens (including phenoxy) is 8. The summed E-state index contributed by atoms with van der Waals surface area (Å²) in [4.78, 5) is 73.4. The fourth-order valence-corrected chi connectivity index (χ4v) is 6.47. The predicted molar refractivity (Wildman–Crippen MR) is 192 cm³/mol. The minimum atomic E-state index is -1.60. The molecule has 15 heteroatoms. The molecule has 15 nitrogen and oxygen atoms in total. The summed E-state index contributed by atoms with van der Waals surface area (Å²) in [6.07, 6.45) is 8.74. The molecule has 0 aromatic carbocycles. The first-order valence-electron chi connectivity index (χ1n) is 19.1. The van der Waals surface area contributed by atoms with Crippen LogP contribution in [-0.4, -0.2) is 91.1 Å². The fraction of sp³-hybridized carbons (Fsp3) is 0.744. The van der Waals surface area contributed by atoms with Gasteiger partial charge in [0, 0.05) is 39.2 Å². The monoisotopic (exact) mass is 768 g/mol. The van der Waals surface area contributed by atoms with Gasteiger partial charge >= 0.3 is 35.8 Å². The zero-order chi connectivity index (χ0) is 40.0. The molecule has 2 aliphatic rings. The molecule has 1 N–H and O–H groups in total. The van der Waals surface area contributed by atoms with Gasteiger partial charge in [0.15, 0.2) is 18.3 Å². The van der Waals surface area contributed by atoms with Gasteiger partial charge in [-0.25, -0.2) is 4.79 Å². The Bertz CT molecular complexity index is 1290. The number of allylic oxidation sites excluding steroid dienone is 1. The van der Waals surface area contributed by atoms with Crippen LogP contribution in [0.25, 0.3) is 0 Å². The summed E-state index contributed by atoms with van der Waals surface area (Å²) in [5.41, 5.74) is 0.00284. The van der Waals surface area contributed by atoms with Gasteiger partial charge in [-0.3, -0.25) is 24.0 Å². The molecule has 0 aliphatic carbocycles. The first-order valence-corrected chi connectivity index (χ1v) is 19.1. The van der Waals surface area contributed by atoms with E-state index in [-0.39, 0.29) is 24.2 Å². The number of carbonyl (C=O) groups excluding carboxylic acids is 5. The Kier molecular flexibility index (Phi) is 21.5. The molecule has 306 valence electrons. The molecule has 0 amide bonds. The maximum atomic E-state index is 13.0. The SMILES string of the molecule is C/C=C1/[C@H](O[C@@H]2O[C@H](COC(C)=O)[C@@H](OC(C)=O)[C@H](OC(C)=O)[C@H]2OC(C)=O)OC=C(C(=O)O)[C@H]1CC(=O)OCCCCCCCCCCCCCCC. The van der Waals surface area contributed by atoms with Gasteiger partial charge < -0.3 is 43.0 Å². The van der Waals surface area contributed by atoms with Crippen LogP contribution in [0.5, 0.6) is 0 Å². The quantitative estimate of drug-likeness (QED) is 0.0519. The summed E-state index contributed by atoms with van der Waals surface area (Å²) in [7, 11) is 0. The second-order valence-electron chi connectivity index (χ2n) is 13.6. The molecular formula is C39H60O15. The number of hydrogen-bond donors (Lipinski definition) is 1. The lowest BCUT2D eigenvalue weighted by Crippen LogP contribution is -2.63. The van der Waals surface area contributed by atoms with Crippen molar-refractivity contribution >= 4 is 35.8 Å². The Hall–Kier alpha value is -3.98. The molecule has 1 saturated heterocycles. The Labute approximate surface area is 318 Å². The van der Waals surface area contributed by atoms with Crippen molar-refractivity contribution in [2.24, 2.45) is 5.92 Å². The zero-order valence-electron chi connectivity index (χ0n) is 32.7. The molecule has 0 unspecified atom stereocenters. The highest BCUT2D eigenvalue weighted by Crippen LogP contribution is 2.37. The molecule has 0 saturated carbocycles. The molecule has 0 radical (unpaired) electrons. The third kappa shape index (κ3) is 16.6. The largest absolute Gasteiger partial charge is 0.478 e. The Morgan fingerprint density at radius 2 is 1.22 bits per heavy atom. The lowest BCUT2D eigenvalue weighted by molar-refractivity contribution is -0.331. The molecule has 0 aromatic rings. The summed E-state index contributed by atoms with van der Waals surface area (Å²) in [5.74, 6) is -6.11. The van der Waals surface area contributed by atoms with Crippen LogP contribution in [0, 0.1) is 5.92 Å². The Balaban J connectivity index is 2.09. The molecular weight excluding hydrogens is 708 g/mol. The minimum absolute atomic E-state index is 0.196. The van der Waals surface area contributed by atoms with Gasteiger partial charge in [-0.15, -0.1) is 0 Å². The van der Waals surface area contributed by atoms with Gasteiger partial charge in [0.1, 0.15) is 12.7 Å². The number of carboxylic acid groups (broad SMARTS) is 1. The van der Waals surface area contributed by atoms with E-state index in [1.54, 1.807) is 6.92 Å². The number of carbonyl (C=O) groups is 6. The van der Waals surface area contributed by atoms with E-state index in [1.165, 1.54) is 63.9 Å². The first-order chi connectivity index (χ1) is 25.8. The highest BCUT2D eigenvalue weighted by molar-refractivity contribution is 5.89. The minimum Gasteiger partial charge on any atom is -0.478 e. The molecule has 2 heterocycles. The number of hydrogen-bond acceptors (Lipinski definition) is 14. The summed E-state index contributed by atoms with van der Waals surface area (Å²) >= 11 is 0. The summed E-state index contributed by atoms with van der Waals surface area (Å²) < 4.78 is 44.7. The summed E-state index contributed by atoms with van der Waals surface area (Å²) in [6, 6.07) is 0. The third-order valence-electron chi connectivity index (χ3n) is 9.04. The lowest BCUT2D eigenvalue weighted by Gasteiger charge is -2.45. The number of rotatable bonds is 24. The second-order valence-corrected chi connectivity index (χ2v) is 13.6. The lowest BCUT2D eigenvalue weighted by atomic mass is 9.86. The highest BCUT2D eigenvalue weighted by atomic mass is 16.8. The van der Waals surface area contributed by atoms with E-state index in [9.17, 15) is 33.9 Å². The van der Waals surface area contributed by atoms with Crippen molar-refractivity contribution < 1.29 is 71.8 Å². The molecule has 7 atom stereocenters. The van der Waals surface area contributed by atoms with Crippen molar-refractivity contribution in [3.8, 4) is 0 Å². The van der Waals surface area contributed by atoms with Gasteiger partial charge in [-0.1, -0.05) is 90.0 Å². The molecule has 0 bridgehead atoms. The van der Waals surface area contributed by atoms with Gasteiger partial charge in [0.2, 0.25) is 12.6 Å². The molecule has 0 spiro atoms. The third-order valence-corrected chi connectivity index (χ3v) is 9.04. The number of aliphatic carboxylic acids is 1. The van der Waals surface area contributed by atoms with Crippen LogP contribution >= 0.6 is 0 Å². The summed E-state index contributed by atoms with van der Waals surface area (Å²) in [6.45, 7) is 7.96. The van der Waals surface area contributed by atoms with Crippen LogP contribution in [0.3, 0.4) is 0 Å². The van der Waals surface area contributed by atoms with Crippen LogP contribution in [0.2, 0.25) is 0 Å². The zero-order valence-corrected chi connectivity index (χ0v) is 32.7. The maximum absolute atomic E-state index is 13.0. The summed E-state index contributed by atoms with van der Waals surface area (Å²) in [5, 5.41) is 9.97. The smallest absolute Gasteiger partial charge is 0.335 e. The van der Waals surface area contributed by atoms with Gasteiger partial charge in [0.05, 0.1) is 24.9 Å². The van der Waals surface area contributed by atoms with Gasteiger partial charge in [-0.05, 0) is 13.3 Å². The van der Waals surface area contributed by atoms with Gasteiger partial charge in [0.25, 0.3) is 0 Å². The average Bonchev–Trinajstić information content (AvgIpc) is 3.09. The van der Waals surface area contributed by atoms with E-state index in [4.69, 9.17) is 37.9 Å². The average molecular weight is 769 g/mol. The van der Waals surface area contributed by atoms with E-state index in [1.807, 2.05) is 0 Å². The van der Waals surface area contributed by atoms with Crippen molar-refractivity contribution in [2.45, 2.75) is 168 Å². The Morgan fingerprint density at radius 3 is 1.72 bits per heavy atom. The van der Waals surface area contributed by atoms with Crippen molar-refractivity contribution in [2.75, 3.05) is 13.2 Å². The van der Waals surface area contributed by atoms with Crippen molar-refractivity contribution in [1.29, 1.82) is 0 Å². The van der Waals surface area contributed by atoms with Crippen LogP contribution in [-0.2, 0) is 66.7 Å². The molecule has 2 aliphatic heterocycles. The van der Waals surface area contributed by atoms with Crippen LogP contribution < -0.4 is 0 Å². The van der Waals surface area contributed by atoms with E-state index in [0.29, 0.717) is 6.42 Å². The van der Waals surface area contributed by atoms with E-state index < -0.39 is 85.3 Å². The van der Waals surface area contributed by atoms with E-state index >= 15 is 0 Å². The molecule has 0 aromatic heterocycles. The normalized spacial score (nSPS) is 24.4. The highest BCUT2D eigenvalue weighted by Gasteiger charge is 2.54. The van der Waals surface area contributed by atoms with Gasteiger partial charge in [-0.2, -0.15) is 0 Å². The van der Waals surface area contributed by atoms with Crippen LogP contribution in [0.4, 0.5) is 0 Å². The van der Waals surface area contributed by atoms with E-state index in [2.05, 4.69) is 6.92 Å². The Morgan fingerprint density at radius 1 is 0.704 bits per heavy atom. The topological polar surface area (TPSA) is 196 Å². The molecule has 1 fully saturated rings. The van der Waals surface area contributed by atoms with Crippen molar-refractivity contribution in [1.82, 2.24) is 0 Å². The fourth-order valence-electron chi connectivity index (χ4n) is 6.47. The molecule has 54 heavy (non-hydrogen) atoms.